The molecule has 148 valence electrons. The predicted molar refractivity (Wildman–Crippen MR) is 103 cm³/mol. The quantitative estimate of drug-likeness (QED) is 0.847. The molecule has 0 bridgehead atoms. The SMILES string of the molecule is O=C1CC(c2ccccc2)N(C(=O)CNC(=O)c2ccoc2)CCCCCN1. The summed E-state index contributed by atoms with van der Waals surface area (Å²) in [6.07, 6.45) is 5.60. The number of benzene rings is 1. The lowest BCUT2D eigenvalue weighted by molar-refractivity contribution is -0.134. The van der Waals surface area contributed by atoms with Crippen LogP contribution in [0.1, 0.15) is 47.6 Å². The van der Waals surface area contributed by atoms with E-state index in [9.17, 15) is 14.4 Å². The van der Waals surface area contributed by atoms with Crippen LogP contribution in [0.15, 0.2) is 53.3 Å². The van der Waals surface area contributed by atoms with Gasteiger partial charge in [-0.05, 0) is 30.9 Å². The van der Waals surface area contributed by atoms with Crippen LogP contribution >= 0.6 is 0 Å². The van der Waals surface area contributed by atoms with Crippen LogP contribution in [0.25, 0.3) is 0 Å². The van der Waals surface area contributed by atoms with Gasteiger partial charge in [-0.25, -0.2) is 0 Å². The Kier molecular flexibility index (Phi) is 6.84. The highest BCUT2D eigenvalue weighted by Crippen LogP contribution is 2.25. The van der Waals surface area contributed by atoms with Crippen LogP contribution in [-0.2, 0) is 9.59 Å². The largest absolute Gasteiger partial charge is 0.472 e. The van der Waals surface area contributed by atoms with E-state index >= 15 is 0 Å². The Morgan fingerprint density at radius 3 is 2.71 bits per heavy atom. The van der Waals surface area contributed by atoms with Crippen molar-refractivity contribution in [2.45, 2.75) is 31.7 Å². The Morgan fingerprint density at radius 1 is 1.14 bits per heavy atom. The molecule has 7 nitrogen and oxygen atoms in total. The lowest BCUT2D eigenvalue weighted by Crippen LogP contribution is -2.44. The molecule has 0 spiro atoms. The zero-order valence-electron chi connectivity index (χ0n) is 15.7. The number of carbonyl (C=O) groups excluding carboxylic acids is 3. The minimum absolute atomic E-state index is 0.0732. The van der Waals surface area contributed by atoms with Crippen molar-refractivity contribution >= 4 is 17.7 Å². The van der Waals surface area contributed by atoms with E-state index in [1.54, 1.807) is 11.0 Å². The van der Waals surface area contributed by atoms with Crippen molar-refractivity contribution in [2.24, 2.45) is 0 Å². The number of hydrogen-bond acceptors (Lipinski definition) is 4. The van der Waals surface area contributed by atoms with Crippen molar-refractivity contribution in [1.82, 2.24) is 15.5 Å². The Labute approximate surface area is 164 Å². The lowest BCUT2D eigenvalue weighted by atomic mass is 10.00. The normalized spacial score (nSPS) is 18.2. The van der Waals surface area contributed by atoms with Gasteiger partial charge >= 0.3 is 0 Å². The number of hydrogen-bond donors (Lipinski definition) is 2. The number of furan rings is 1. The molecule has 3 amide bonds. The van der Waals surface area contributed by atoms with Crippen LogP contribution in [0.3, 0.4) is 0 Å². The summed E-state index contributed by atoms with van der Waals surface area (Å²) in [5.41, 5.74) is 1.28. The van der Waals surface area contributed by atoms with Crippen molar-refractivity contribution in [3.8, 4) is 0 Å². The van der Waals surface area contributed by atoms with Gasteiger partial charge in [0.05, 0.1) is 30.8 Å². The van der Waals surface area contributed by atoms with Crippen LogP contribution < -0.4 is 10.6 Å². The molecule has 1 aromatic heterocycles. The van der Waals surface area contributed by atoms with Crippen molar-refractivity contribution in [2.75, 3.05) is 19.6 Å². The minimum atomic E-state index is -0.364. The van der Waals surface area contributed by atoms with Crippen LogP contribution in [0.5, 0.6) is 0 Å². The second-order valence-corrected chi connectivity index (χ2v) is 6.82. The maximum absolute atomic E-state index is 13.0. The average Bonchev–Trinajstić information content (AvgIpc) is 3.26. The zero-order valence-corrected chi connectivity index (χ0v) is 15.7. The molecule has 3 rings (SSSR count). The van der Waals surface area contributed by atoms with Crippen LogP contribution in [0.4, 0.5) is 0 Å². The average molecular weight is 383 g/mol. The molecule has 2 aromatic rings. The van der Waals surface area contributed by atoms with E-state index in [4.69, 9.17) is 4.42 Å². The van der Waals surface area contributed by atoms with E-state index in [2.05, 4.69) is 10.6 Å². The van der Waals surface area contributed by atoms with Gasteiger partial charge in [-0.3, -0.25) is 14.4 Å². The third kappa shape index (κ3) is 5.22. The number of nitrogens with one attached hydrogen (secondary N) is 2. The first-order chi connectivity index (χ1) is 13.6. The van der Waals surface area contributed by atoms with E-state index < -0.39 is 0 Å². The molecule has 1 saturated heterocycles. The number of nitrogens with zero attached hydrogens (tertiary/aromatic N) is 1. The van der Waals surface area contributed by atoms with Crippen molar-refractivity contribution in [3.63, 3.8) is 0 Å². The molecule has 1 atom stereocenters. The smallest absolute Gasteiger partial charge is 0.254 e. The van der Waals surface area contributed by atoms with E-state index in [0.717, 1.165) is 24.8 Å². The molecular formula is C21H25N3O4. The predicted octanol–water partition coefficient (Wildman–Crippen LogP) is 2.27. The first-order valence-electron chi connectivity index (χ1n) is 9.56. The standard InChI is InChI=1S/C21H25N3O4/c25-19-13-18(16-7-3-1-4-8-16)24(11-6-2-5-10-22-19)20(26)14-23-21(27)17-9-12-28-15-17/h1,3-4,7-9,12,15,18H,2,5-6,10-11,13-14H2,(H,22,25)(H,23,27). The fraction of sp³-hybridized carbons (Fsp3) is 0.381. The molecule has 0 aliphatic carbocycles. The fourth-order valence-electron chi connectivity index (χ4n) is 3.35. The van der Waals surface area contributed by atoms with Gasteiger partial charge < -0.3 is 20.0 Å². The van der Waals surface area contributed by atoms with Crippen molar-refractivity contribution in [3.05, 3.63) is 60.1 Å². The van der Waals surface area contributed by atoms with Gasteiger partial charge in [-0.2, -0.15) is 0 Å². The Bertz CT molecular complexity index is 789. The molecule has 2 heterocycles. The van der Waals surface area contributed by atoms with E-state index in [0.29, 0.717) is 18.7 Å². The van der Waals surface area contributed by atoms with Gasteiger partial charge in [-0.1, -0.05) is 30.3 Å². The van der Waals surface area contributed by atoms with Crippen molar-refractivity contribution in [1.29, 1.82) is 0 Å². The zero-order chi connectivity index (χ0) is 19.8. The second-order valence-electron chi connectivity index (χ2n) is 6.82. The highest BCUT2D eigenvalue weighted by atomic mass is 16.3. The van der Waals surface area contributed by atoms with E-state index in [-0.39, 0.29) is 36.7 Å². The van der Waals surface area contributed by atoms with E-state index in [1.807, 2.05) is 30.3 Å². The summed E-state index contributed by atoms with van der Waals surface area (Å²) in [6.45, 7) is 1.08. The van der Waals surface area contributed by atoms with E-state index in [1.165, 1.54) is 12.5 Å². The Hall–Kier alpha value is -3.09. The third-order valence-electron chi connectivity index (χ3n) is 4.84. The molecule has 1 unspecified atom stereocenters. The van der Waals surface area contributed by atoms with Gasteiger partial charge in [-0.15, -0.1) is 0 Å². The molecule has 28 heavy (non-hydrogen) atoms. The van der Waals surface area contributed by atoms with Gasteiger partial charge in [0.1, 0.15) is 6.26 Å². The molecule has 1 aromatic carbocycles. The van der Waals surface area contributed by atoms with Gasteiger partial charge in [0.25, 0.3) is 5.91 Å². The lowest BCUT2D eigenvalue weighted by Gasteiger charge is -2.33. The van der Waals surface area contributed by atoms with Gasteiger partial charge in [0.2, 0.25) is 11.8 Å². The topological polar surface area (TPSA) is 91.7 Å². The number of carbonyl (C=O) groups is 3. The summed E-state index contributed by atoms with van der Waals surface area (Å²) in [5.74, 6) is -0.646. The first-order valence-corrected chi connectivity index (χ1v) is 9.56. The van der Waals surface area contributed by atoms with Crippen molar-refractivity contribution < 1.29 is 18.8 Å². The van der Waals surface area contributed by atoms with Crippen LogP contribution in [-0.4, -0.2) is 42.3 Å². The van der Waals surface area contributed by atoms with Crippen LogP contribution in [0.2, 0.25) is 0 Å². The molecule has 7 heteroatoms. The molecule has 1 aliphatic heterocycles. The maximum Gasteiger partial charge on any atom is 0.254 e. The monoisotopic (exact) mass is 383 g/mol. The molecule has 0 saturated carbocycles. The Balaban J connectivity index is 1.76. The second kappa shape index (κ2) is 9.73. The molecule has 1 fully saturated rings. The summed E-state index contributed by atoms with van der Waals surface area (Å²) in [6, 6.07) is 10.7. The molecule has 0 radical (unpaired) electrons. The first kappa shape index (κ1) is 19.7. The summed E-state index contributed by atoms with van der Waals surface area (Å²) < 4.78 is 4.90. The summed E-state index contributed by atoms with van der Waals surface area (Å²) in [4.78, 5) is 39.2. The molecule has 2 N–H and O–H groups in total. The summed E-state index contributed by atoms with van der Waals surface area (Å²) >= 11 is 0. The Morgan fingerprint density at radius 2 is 1.96 bits per heavy atom. The number of rotatable bonds is 4. The number of amides is 3. The highest BCUT2D eigenvalue weighted by molar-refractivity contribution is 5.96. The minimum Gasteiger partial charge on any atom is -0.472 e. The fourth-order valence-corrected chi connectivity index (χ4v) is 3.35. The molecule has 1 aliphatic rings. The van der Waals surface area contributed by atoms with Crippen LogP contribution in [0, 0.1) is 0 Å². The van der Waals surface area contributed by atoms with Gasteiger partial charge in [0, 0.05) is 13.1 Å². The highest BCUT2D eigenvalue weighted by Gasteiger charge is 2.28. The third-order valence-corrected chi connectivity index (χ3v) is 4.84. The van der Waals surface area contributed by atoms with Gasteiger partial charge in [0.15, 0.2) is 0 Å². The molecular weight excluding hydrogens is 358 g/mol. The maximum atomic E-state index is 13.0. The summed E-state index contributed by atoms with van der Waals surface area (Å²) in [7, 11) is 0. The summed E-state index contributed by atoms with van der Waals surface area (Å²) in [5, 5.41) is 5.56.